The Kier molecular flexibility index (Phi) is 5.91. The van der Waals surface area contributed by atoms with E-state index in [1.807, 2.05) is 22.4 Å². The second-order valence-electron chi connectivity index (χ2n) is 5.58. The summed E-state index contributed by atoms with van der Waals surface area (Å²) in [5.41, 5.74) is 0. The topological polar surface area (TPSA) is 32.3 Å². The van der Waals surface area contributed by atoms with Crippen molar-refractivity contribution in [2.45, 2.75) is 24.9 Å². The Morgan fingerprint density at radius 2 is 2.05 bits per heavy atom. The van der Waals surface area contributed by atoms with Crippen LogP contribution >= 0.6 is 34.9 Å². The molecule has 1 atom stereocenters. The number of hydrogen-bond acceptors (Lipinski definition) is 5. The molecule has 0 radical (unpaired) electrons. The van der Waals surface area contributed by atoms with Gasteiger partial charge in [-0.05, 0) is 24.3 Å². The van der Waals surface area contributed by atoms with Crippen molar-refractivity contribution < 1.29 is 4.79 Å². The van der Waals surface area contributed by atoms with Crippen LogP contribution in [0.3, 0.4) is 0 Å². The van der Waals surface area contributed by atoms with Gasteiger partial charge in [0.05, 0.1) is 4.88 Å². The van der Waals surface area contributed by atoms with E-state index in [4.69, 9.17) is 0 Å². The Morgan fingerprint density at radius 3 is 2.76 bits per heavy atom. The van der Waals surface area contributed by atoms with Crippen molar-refractivity contribution in [2.24, 2.45) is 0 Å². The van der Waals surface area contributed by atoms with Crippen LogP contribution in [0.4, 0.5) is 0 Å². The zero-order valence-electron chi connectivity index (χ0n) is 12.1. The Hall–Kier alpha value is -0.170. The summed E-state index contributed by atoms with van der Waals surface area (Å²) in [7, 11) is 0. The fraction of sp³-hybridized carbons (Fsp3) is 0.667. The van der Waals surface area contributed by atoms with Crippen molar-refractivity contribution in [1.82, 2.24) is 10.2 Å². The van der Waals surface area contributed by atoms with E-state index in [0.29, 0.717) is 12.1 Å². The maximum atomic E-state index is 12.5. The van der Waals surface area contributed by atoms with Crippen molar-refractivity contribution in [1.29, 1.82) is 0 Å². The molecule has 2 aliphatic heterocycles. The molecule has 1 unspecified atom stereocenters. The van der Waals surface area contributed by atoms with Crippen molar-refractivity contribution in [3.63, 3.8) is 0 Å². The van der Waals surface area contributed by atoms with Crippen LogP contribution in [0.25, 0.3) is 0 Å². The van der Waals surface area contributed by atoms with Crippen molar-refractivity contribution in [3.05, 3.63) is 22.4 Å². The zero-order valence-corrected chi connectivity index (χ0v) is 14.6. The molecule has 0 aromatic carbocycles. The van der Waals surface area contributed by atoms with Crippen LogP contribution in [0.15, 0.2) is 17.5 Å². The highest BCUT2D eigenvalue weighted by atomic mass is 32.2. The van der Waals surface area contributed by atoms with E-state index in [0.717, 1.165) is 24.4 Å². The smallest absolute Gasteiger partial charge is 0.263 e. The Bertz CT molecular complexity index is 444. The van der Waals surface area contributed by atoms with Gasteiger partial charge in [0.1, 0.15) is 0 Å². The van der Waals surface area contributed by atoms with E-state index >= 15 is 0 Å². The lowest BCUT2D eigenvalue weighted by Crippen LogP contribution is -2.51. The van der Waals surface area contributed by atoms with Crippen molar-refractivity contribution in [2.75, 3.05) is 36.1 Å². The first-order chi connectivity index (χ1) is 10.3. The van der Waals surface area contributed by atoms with Gasteiger partial charge in [0.2, 0.25) is 0 Å². The molecule has 2 saturated heterocycles. The SMILES string of the molecule is O=C(c1cccs1)N1CCCC(NC2CSCCSC2)C1. The quantitative estimate of drug-likeness (QED) is 0.915. The Morgan fingerprint density at radius 1 is 1.24 bits per heavy atom. The number of amides is 1. The largest absolute Gasteiger partial charge is 0.336 e. The van der Waals surface area contributed by atoms with Crippen LogP contribution in [0, 0.1) is 0 Å². The van der Waals surface area contributed by atoms with Gasteiger partial charge < -0.3 is 10.2 Å². The minimum absolute atomic E-state index is 0.209. The van der Waals surface area contributed by atoms with E-state index in [1.54, 1.807) is 11.3 Å². The normalized spacial score (nSPS) is 24.8. The Labute approximate surface area is 139 Å². The van der Waals surface area contributed by atoms with E-state index in [1.165, 1.54) is 29.4 Å². The number of carbonyl (C=O) groups excluding carboxylic acids is 1. The minimum atomic E-state index is 0.209. The fourth-order valence-electron chi connectivity index (χ4n) is 2.90. The predicted octanol–water partition coefficient (Wildman–Crippen LogP) is 2.79. The fourth-order valence-corrected chi connectivity index (χ4v) is 6.01. The average Bonchev–Trinajstić information content (AvgIpc) is 2.93. The summed E-state index contributed by atoms with van der Waals surface area (Å²) in [6, 6.07) is 4.96. The number of thiophene rings is 1. The Balaban J connectivity index is 1.54. The zero-order chi connectivity index (χ0) is 14.5. The molecule has 0 bridgehead atoms. The molecule has 0 spiro atoms. The second-order valence-corrected chi connectivity index (χ2v) is 8.83. The highest BCUT2D eigenvalue weighted by Crippen LogP contribution is 2.20. The van der Waals surface area contributed by atoms with Crippen molar-refractivity contribution >= 4 is 40.8 Å². The predicted molar refractivity (Wildman–Crippen MR) is 94.8 cm³/mol. The van der Waals surface area contributed by atoms with E-state index in [-0.39, 0.29) is 5.91 Å². The van der Waals surface area contributed by atoms with Crippen LogP contribution in [-0.2, 0) is 0 Å². The van der Waals surface area contributed by atoms with Gasteiger partial charge in [-0.2, -0.15) is 23.5 Å². The number of piperidine rings is 1. The van der Waals surface area contributed by atoms with Crippen LogP contribution in [0.2, 0.25) is 0 Å². The second kappa shape index (κ2) is 7.90. The summed E-state index contributed by atoms with van der Waals surface area (Å²) >= 11 is 5.66. The molecule has 21 heavy (non-hydrogen) atoms. The number of hydrogen-bond donors (Lipinski definition) is 1. The molecule has 0 aliphatic carbocycles. The van der Waals surface area contributed by atoms with Crippen LogP contribution in [0.1, 0.15) is 22.5 Å². The number of thioether (sulfide) groups is 2. The molecule has 1 aromatic heterocycles. The molecule has 1 amide bonds. The first kappa shape index (κ1) is 15.7. The third-order valence-corrected chi connectivity index (χ3v) is 7.30. The van der Waals surface area contributed by atoms with Gasteiger partial charge in [-0.25, -0.2) is 0 Å². The molecule has 3 heterocycles. The average molecular weight is 343 g/mol. The molecule has 3 nitrogen and oxygen atoms in total. The number of likely N-dealkylation sites (tertiary alicyclic amines) is 1. The highest BCUT2D eigenvalue weighted by Gasteiger charge is 2.26. The molecule has 6 heteroatoms. The summed E-state index contributed by atoms with van der Waals surface area (Å²) < 4.78 is 0. The summed E-state index contributed by atoms with van der Waals surface area (Å²) in [6.45, 7) is 1.77. The number of nitrogens with zero attached hydrogens (tertiary/aromatic N) is 1. The van der Waals surface area contributed by atoms with Crippen molar-refractivity contribution in [3.8, 4) is 0 Å². The van der Waals surface area contributed by atoms with Gasteiger partial charge in [0.15, 0.2) is 0 Å². The maximum absolute atomic E-state index is 12.5. The molecule has 1 N–H and O–H groups in total. The molecular formula is C15H22N2OS3. The van der Waals surface area contributed by atoms with Gasteiger partial charge in [0, 0.05) is 48.2 Å². The van der Waals surface area contributed by atoms with Crippen LogP contribution in [0.5, 0.6) is 0 Å². The maximum Gasteiger partial charge on any atom is 0.263 e. The van der Waals surface area contributed by atoms with Gasteiger partial charge >= 0.3 is 0 Å². The molecule has 116 valence electrons. The minimum Gasteiger partial charge on any atom is -0.336 e. The monoisotopic (exact) mass is 342 g/mol. The summed E-state index contributed by atoms with van der Waals surface area (Å²) in [5, 5.41) is 5.77. The molecular weight excluding hydrogens is 320 g/mol. The molecule has 1 aromatic rings. The first-order valence-corrected chi connectivity index (χ1v) is 10.8. The molecule has 0 saturated carbocycles. The summed E-state index contributed by atoms with van der Waals surface area (Å²) in [5.74, 6) is 5.18. The number of carbonyl (C=O) groups is 1. The third-order valence-electron chi connectivity index (χ3n) is 3.92. The summed E-state index contributed by atoms with van der Waals surface area (Å²) in [6.07, 6.45) is 2.31. The van der Waals surface area contributed by atoms with E-state index in [2.05, 4.69) is 28.8 Å². The van der Waals surface area contributed by atoms with Gasteiger partial charge in [0.25, 0.3) is 5.91 Å². The van der Waals surface area contributed by atoms with Crippen LogP contribution in [-0.4, -0.2) is 59.0 Å². The van der Waals surface area contributed by atoms with Gasteiger partial charge in [-0.3, -0.25) is 4.79 Å². The van der Waals surface area contributed by atoms with E-state index in [9.17, 15) is 4.79 Å². The first-order valence-electron chi connectivity index (χ1n) is 7.57. The lowest BCUT2D eigenvalue weighted by atomic mass is 10.0. The van der Waals surface area contributed by atoms with Gasteiger partial charge in [-0.1, -0.05) is 6.07 Å². The molecule has 2 aliphatic rings. The molecule has 2 fully saturated rings. The van der Waals surface area contributed by atoms with E-state index < -0.39 is 0 Å². The highest BCUT2D eigenvalue weighted by molar-refractivity contribution is 8.03. The number of rotatable bonds is 3. The number of nitrogens with one attached hydrogen (secondary N) is 1. The standard InChI is InChI=1S/C15H22N2OS3/c18-15(14-4-2-6-21-14)17-5-1-3-12(9-17)16-13-10-19-7-8-20-11-13/h2,4,6,12-13,16H,1,3,5,7-11H2. The lowest BCUT2D eigenvalue weighted by Gasteiger charge is -2.35. The van der Waals surface area contributed by atoms with Crippen LogP contribution < -0.4 is 5.32 Å². The molecule has 3 rings (SSSR count). The summed E-state index contributed by atoms with van der Waals surface area (Å²) in [4.78, 5) is 15.4. The van der Waals surface area contributed by atoms with Gasteiger partial charge in [-0.15, -0.1) is 11.3 Å². The lowest BCUT2D eigenvalue weighted by molar-refractivity contribution is 0.0696. The third kappa shape index (κ3) is 4.41.